The van der Waals surface area contributed by atoms with Gasteiger partial charge in [-0.2, -0.15) is 0 Å². The molecule has 0 spiro atoms. The van der Waals surface area contributed by atoms with Gasteiger partial charge in [0.05, 0.1) is 0 Å². The van der Waals surface area contributed by atoms with Crippen LogP contribution in [0.2, 0.25) is 10.0 Å². The smallest absolute Gasteiger partial charge is 0.0412 e. The van der Waals surface area contributed by atoms with Crippen molar-refractivity contribution in [2.75, 3.05) is 0 Å². The molecule has 0 atom stereocenters. The monoisotopic (exact) mass is 396 g/mol. The average Bonchev–Trinajstić information content (AvgIpc) is 3.19. The second-order valence-electron chi connectivity index (χ2n) is 7.22. The minimum Gasteiger partial charge on any atom is -0.0843 e. The summed E-state index contributed by atoms with van der Waals surface area (Å²) in [7, 11) is 0. The molecule has 0 nitrogen and oxygen atoms in total. The molecule has 0 unspecified atom stereocenters. The van der Waals surface area contributed by atoms with Crippen molar-refractivity contribution in [2.45, 2.75) is 0 Å². The van der Waals surface area contributed by atoms with Crippen molar-refractivity contribution in [3.63, 3.8) is 0 Å². The Morgan fingerprint density at radius 3 is 1.18 bits per heavy atom. The minimum atomic E-state index is 0.746. The van der Waals surface area contributed by atoms with Gasteiger partial charge in [0.1, 0.15) is 0 Å². The summed E-state index contributed by atoms with van der Waals surface area (Å²) in [5.74, 6) is 0. The van der Waals surface area contributed by atoms with Crippen LogP contribution >= 0.6 is 23.2 Å². The third-order valence-corrected chi connectivity index (χ3v) is 6.20. The van der Waals surface area contributed by atoms with E-state index in [0.29, 0.717) is 0 Å². The van der Waals surface area contributed by atoms with Gasteiger partial charge in [0.25, 0.3) is 0 Å². The van der Waals surface area contributed by atoms with Gasteiger partial charge >= 0.3 is 0 Å². The molecule has 0 fully saturated rings. The van der Waals surface area contributed by atoms with Crippen molar-refractivity contribution in [1.29, 1.82) is 0 Å². The second-order valence-corrected chi connectivity index (χ2v) is 8.09. The lowest BCUT2D eigenvalue weighted by Gasteiger charge is -2.12. The van der Waals surface area contributed by atoms with Crippen LogP contribution in [0.4, 0.5) is 0 Å². The Hall–Kier alpha value is -2.80. The predicted molar refractivity (Wildman–Crippen MR) is 119 cm³/mol. The Morgan fingerprint density at radius 2 is 0.714 bits per heavy atom. The molecule has 4 aromatic carbocycles. The highest BCUT2D eigenvalue weighted by Gasteiger charge is 2.32. The standard InChI is InChI=1S/C26H14Cl2/c27-15-9-11-19-20-12-10-16(28)14-24(20)26(23(19)13-15)25-21-7-3-1-5-17(21)18-6-2-4-8-22(18)25/h1-14H. The Bertz CT molecular complexity index is 1230. The van der Waals surface area contributed by atoms with E-state index in [1.165, 1.54) is 55.7 Å². The van der Waals surface area contributed by atoms with Crippen LogP contribution < -0.4 is 0 Å². The van der Waals surface area contributed by atoms with Crippen molar-refractivity contribution in [1.82, 2.24) is 0 Å². The molecule has 0 radical (unpaired) electrons. The molecule has 0 aliphatic heterocycles. The molecule has 0 N–H and O–H groups in total. The molecule has 0 heterocycles. The van der Waals surface area contributed by atoms with E-state index in [-0.39, 0.29) is 0 Å². The maximum atomic E-state index is 6.42. The number of benzene rings is 4. The summed E-state index contributed by atoms with van der Waals surface area (Å²) in [6.07, 6.45) is 0. The summed E-state index contributed by atoms with van der Waals surface area (Å²) < 4.78 is 0. The van der Waals surface area contributed by atoms with Gasteiger partial charge in [-0.15, -0.1) is 0 Å². The number of rotatable bonds is 0. The van der Waals surface area contributed by atoms with Crippen molar-refractivity contribution in [3.05, 3.63) is 117 Å². The number of fused-ring (bicyclic) bond motifs is 6. The Kier molecular flexibility index (Phi) is 3.38. The van der Waals surface area contributed by atoms with Crippen LogP contribution in [0.15, 0.2) is 84.9 Å². The summed E-state index contributed by atoms with van der Waals surface area (Å²) in [5, 5.41) is 1.49. The quantitative estimate of drug-likeness (QED) is 0.244. The lowest BCUT2D eigenvalue weighted by molar-refractivity contribution is 1.62. The van der Waals surface area contributed by atoms with E-state index in [1.807, 2.05) is 12.1 Å². The summed E-state index contributed by atoms with van der Waals surface area (Å²) >= 11 is 12.8. The normalized spacial score (nSPS) is 13.2. The first kappa shape index (κ1) is 16.2. The molecule has 2 heteroatoms. The molecule has 0 saturated heterocycles. The Labute approximate surface area is 173 Å². The largest absolute Gasteiger partial charge is 0.0843 e. The fourth-order valence-corrected chi connectivity index (χ4v) is 4.96. The van der Waals surface area contributed by atoms with Crippen molar-refractivity contribution >= 4 is 34.3 Å². The van der Waals surface area contributed by atoms with Crippen LogP contribution in [0.25, 0.3) is 33.4 Å². The van der Waals surface area contributed by atoms with Crippen molar-refractivity contribution in [3.8, 4) is 22.3 Å². The molecular weight excluding hydrogens is 383 g/mol. The molecule has 0 bridgehead atoms. The van der Waals surface area contributed by atoms with E-state index >= 15 is 0 Å². The highest BCUT2D eigenvalue weighted by Crippen LogP contribution is 2.54. The second kappa shape index (κ2) is 5.85. The van der Waals surface area contributed by atoms with Gasteiger partial charge < -0.3 is 0 Å². The first-order valence-electron chi connectivity index (χ1n) is 9.26. The fraction of sp³-hybridized carbons (Fsp3) is 0. The number of hydrogen-bond acceptors (Lipinski definition) is 0. The Balaban J connectivity index is 1.82. The molecule has 6 rings (SSSR count). The maximum absolute atomic E-state index is 6.42. The van der Waals surface area contributed by atoms with Gasteiger partial charge in [0.15, 0.2) is 0 Å². The fourth-order valence-electron chi connectivity index (χ4n) is 4.62. The molecule has 0 aromatic heterocycles. The molecule has 4 aromatic rings. The highest BCUT2D eigenvalue weighted by molar-refractivity contribution is 6.32. The summed E-state index contributed by atoms with van der Waals surface area (Å²) in [4.78, 5) is 0. The molecule has 132 valence electrons. The summed E-state index contributed by atoms with van der Waals surface area (Å²) in [5.41, 5.74) is 12.3. The minimum absolute atomic E-state index is 0.746. The van der Waals surface area contributed by atoms with Gasteiger partial charge in [-0.3, -0.25) is 0 Å². The maximum Gasteiger partial charge on any atom is 0.0412 e. The van der Waals surface area contributed by atoms with Crippen molar-refractivity contribution in [2.24, 2.45) is 0 Å². The van der Waals surface area contributed by atoms with Crippen LogP contribution in [0.1, 0.15) is 22.3 Å². The van der Waals surface area contributed by atoms with Gasteiger partial charge in [-0.1, -0.05) is 83.9 Å². The van der Waals surface area contributed by atoms with Crippen molar-refractivity contribution < 1.29 is 0 Å². The van der Waals surface area contributed by atoms with E-state index in [9.17, 15) is 0 Å². The number of halogens is 2. The zero-order valence-electron chi connectivity index (χ0n) is 14.8. The molecule has 2 aliphatic carbocycles. The predicted octanol–water partition coefficient (Wildman–Crippen LogP) is 7.96. The first-order valence-corrected chi connectivity index (χ1v) is 10.0. The van der Waals surface area contributed by atoms with Crippen LogP contribution in [-0.4, -0.2) is 0 Å². The van der Waals surface area contributed by atoms with Gasteiger partial charge in [0, 0.05) is 10.0 Å². The van der Waals surface area contributed by atoms with Crippen LogP contribution in [0, 0.1) is 0 Å². The molecule has 2 aliphatic rings. The van der Waals surface area contributed by atoms with Crippen LogP contribution in [0.3, 0.4) is 0 Å². The Morgan fingerprint density at radius 1 is 0.357 bits per heavy atom. The van der Waals surface area contributed by atoms with E-state index < -0.39 is 0 Å². The van der Waals surface area contributed by atoms with E-state index in [1.54, 1.807) is 0 Å². The topological polar surface area (TPSA) is 0 Å². The van der Waals surface area contributed by atoms with Gasteiger partial charge in [-0.25, -0.2) is 0 Å². The first-order chi connectivity index (χ1) is 13.7. The summed E-state index contributed by atoms with van der Waals surface area (Å²) in [6, 6.07) is 29.6. The number of hydrogen-bond donors (Lipinski definition) is 0. The van der Waals surface area contributed by atoms with E-state index in [0.717, 1.165) is 10.0 Å². The lowest BCUT2D eigenvalue weighted by atomic mass is 9.92. The third-order valence-electron chi connectivity index (χ3n) is 5.73. The summed E-state index contributed by atoms with van der Waals surface area (Å²) in [6.45, 7) is 0. The van der Waals surface area contributed by atoms with Gasteiger partial charge in [0.2, 0.25) is 0 Å². The molecule has 0 amide bonds. The zero-order valence-corrected chi connectivity index (χ0v) is 16.4. The SMILES string of the molecule is Clc1ccc2c(c1)C(=C1c3ccccc3-c3ccccc31)c1cc(Cl)ccc1-2. The van der Waals surface area contributed by atoms with E-state index in [2.05, 4.69) is 72.8 Å². The highest BCUT2D eigenvalue weighted by atomic mass is 35.5. The third kappa shape index (κ3) is 2.13. The van der Waals surface area contributed by atoms with Crippen LogP contribution in [0.5, 0.6) is 0 Å². The molecular formula is C26H14Cl2. The van der Waals surface area contributed by atoms with Crippen LogP contribution in [-0.2, 0) is 0 Å². The van der Waals surface area contributed by atoms with E-state index in [4.69, 9.17) is 23.2 Å². The molecule has 28 heavy (non-hydrogen) atoms. The lowest BCUT2D eigenvalue weighted by Crippen LogP contribution is -1.91. The average molecular weight is 397 g/mol. The zero-order chi connectivity index (χ0) is 18.8. The van der Waals surface area contributed by atoms with Gasteiger partial charge in [-0.05, 0) is 79.9 Å². The molecule has 0 saturated carbocycles.